The van der Waals surface area contributed by atoms with Gasteiger partial charge in [0.2, 0.25) is 0 Å². The summed E-state index contributed by atoms with van der Waals surface area (Å²) in [5.41, 5.74) is 1.25. The molecule has 3 rings (SSSR count). The molecule has 0 spiro atoms. The molecule has 0 radical (unpaired) electrons. The lowest BCUT2D eigenvalue weighted by Gasteiger charge is -2.36. The number of carboxylic acids is 1. The molecule has 0 aromatic heterocycles. The molecule has 1 aromatic carbocycles. The molecule has 110 valence electrons. The van der Waals surface area contributed by atoms with E-state index in [9.17, 15) is 14.7 Å². The van der Waals surface area contributed by atoms with Crippen molar-refractivity contribution in [1.82, 2.24) is 4.90 Å². The molecule has 4 nitrogen and oxygen atoms in total. The van der Waals surface area contributed by atoms with Gasteiger partial charge in [0.1, 0.15) is 0 Å². The third kappa shape index (κ3) is 2.15. The molecule has 0 saturated heterocycles. The molecule has 1 saturated carbocycles. The summed E-state index contributed by atoms with van der Waals surface area (Å²) in [5, 5.41) is 9.67. The van der Waals surface area contributed by atoms with Gasteiger partial charge in [-0.1, -0.05) is 44.0 Å². The average Bonchev–Trinajstić information content (AvgIpc) is 2.74. The van der Waals surface area contributed by atoms with Gasteiger partial charge in [-0.3, -0.25) is 9.59 Å². The first-order chi connectivity index (χ1) is 10.1. The Kier molecular flexibility index (Phi) is 3.32. The van der Waals surface area contributed by atoms with Gasteiger partial charge < -0.3 is 10.0 Å². The topological polar surface area (TPSA) is 57.6 Å². The number of fused-ring (bicyclic) bond motifs is 1. The minimum atomic E-state index is -0.821. The van der Waals surface area contributed by atoms with Crippen molar-refractivity contribution < 1.29 is 14.7 Å². The van der Waals surface area contributed by atoms with Gasteiger partial charge in [0.25, 0.3) is 5.91 Å². The Bertz CT molecular complexity index is 579. The first kappa shape index (κ1) is 13.9. The molecule has 1 aromatic rings. The summed E-state index contributed by atoms with van der Waals surface area (Å²) in [5.74, 6) is -0.916. The maximum atomic E-state index is 12.5. The summed E-state index contributed by atoms with van der Waals surface area (Å²) < 4.78 is 0. The van der Waals surface area contributed by atoms with E-state index in [2.05, 4.69) is 6.58 Å². The van der Waals surface area contributed by atoms with Gasteiger partial charge in [-0.2, -0.15) is 0 Å². The van der Waals surface area contributed by atoms with Crippen molar-refractivity contribution >= 4 is 17.6 Å². The Hall–Kier alpha value is -2.10. The van der Waals surface area contributed by atoms with E-state index in [4.69, 9.17) is 0 Å². The molecule has 2 aliphatic rings. The van der Waals surface area contributed by atoms with Crippen LogP contribution in [-0.4, -0.2) is 28.4 Å². The standard InChI is InChI=1S/C17H19NO3/c1-12-13-7-3-4-8-14(13)15(19)18(12)11-17(16(20)21)9-5-2-6-10-17/h3-4,7-8H,1-2,5-6,9-11H2,(H,20,21). The molecule has 1 aliphatic carbocycles. The van der Waals surface area contributed by atoms with Crippen LogP contribution in [0.1, 0.15) is 48.0 Å². The normalized spacial score (nSPS) is 20.5. The van der Waals surface area contributed by atoms with Gasteiger partial charge in [0.15, 0.2) is 0 Å². The van der Waals surface area contributed by atoms with Crippen LogP contribution in [0.4, 0.5) is 0 Å². The summed E-state index contributed by atoms with van der Waals surface area (Å²) in [6.07, 6.45) is 4.16. The summed E-state index contributed by atoms with van der Waals surface area (Å²) in [4.78, 5) is 25.9. The molecule has 1 fully saturated rings. The third-order valence-corrected chi connectivity index (χ3v) is 4.76. The van der Waals surface area contributed by atoms with Crippen LogP contribution in [0.5, 0.6) is 0 Å². The predicted molar refractivity (Wildman–Crippen MR) is 79.7 cm³/mol. The monoisotopic (exact) mass is 285 g/mol. The van der Waals surface area contributed by atoms with Crippen LogP contribution in [0.25, 0.3) is 5.70 Å². The van der Waals surface area contributed by atoms with Crippen LogP contribution >= 0.6 is 0 Å². The fraction of sp³-hybridized carbons (Fsp3) is 0.412. The molecule has 1 heterocycles. The molecule has 0 bridgehead atoms. The summed E-state index contributed by atoms with van der Waals surface area (Å²) >= 11 is 0. The summed E-state index contributed by atoms with van der Waals surface area (Å²) in [7, 11) is 0. The summed E-state index contributed by atoms with van der Waals surface area (Å²) in [6, 6.07) is 7.33. The van der Waals surface area contributed by atoms with Gasteiger partial charge in [-0.25, -0.2) is 0 Å². The van der Waals surface area contributed by atoms with Crippen LogP contribution in [-0.2, 0) is 4.79 Å². The highest BCUT2D eigenvalue weighted by Crippen LogP contribution is 2.41. The molecule has 1 aliphatic heterocycles. The van der Waals surface area contributed by atoms with E-state index in [-0.39, 0.29) is 12.5 Å². The highest BCUT2D eigenvalue weighted by molar-refractivity contribution is 6.09. The number of carboxylic acid groups (broad SMARTS) is 1. The van der Waals surface area contributed by atoms with Crippen LogP contribution in [0, 0.1) is 5.41 Å². The molecule has 1 N–H and O–H groups in total. The van der Waals surface area contributed by atoms with Crippen LogP contribution in [0.3, 0.4) is 0 Å². The second-order valence-electron chi connectivity index (χ2n) is 6.03. The Morgan fingerprint density at radius 2 is 1.81 bits per heavy atom. The first-order valence-corrected chi connectivity index (χ1v) is 7.39. The number of hydrogen-bond acceptors (Lipinski definition) is 2. The Morgan fingerprint density at radius 1 is 1.19 bits per heavy atom. The van der Waals surface area contributed by atoms with E-state index in [1.165, 1.54) is 0 Å². The number of carbonyl (C=O) groups is 2. The highest BCUT2D eigenvalue weighted by atomic mass is 16.4. The zero-order valence-electron chi connectivity index (χ0n) is 12.0. The van der Waals surface area contributed by atoms with Crippen molar-refractivity contribution in [3.05, 3.63) is 42.0 Å². The molecule has 0 atom stereocenters. The number of benzene rings is 1. The summed E-state index contributed by atoms with van der Waals surface area (Å²) in [6.45, 7) is 4.23. The number of amides is 1. The van der Waals surface area contributed by atoms with Crippen molar-refractivity contribution in [2.24, 2.45) is 5.41 Å². The minimum absolute atomic E-state index is 0.123. The van der Waals surface area contributed by atoms with Crippen molar-refractivity contribution in [3.63, 3.8) is 0 Å². The van der Waals surface area contributed by atoms with E-state index in [0.29, 0.717) is 24.1 Å². The molecule has 21 heavy (non-hydrogen) atoms. The lowest BCUT2D eigenvalue weighted by molar-refractivity contribution is -0.151. The van der Waals surface area contributed by atoms with Gasteiger partial charge >= 0.3 is 5.97 Å². The van der Waals surface area contributed by atoms with Crippen molar-refractivity contribution in [1.29, 1.82) is 0 Å². The van der Waals surface area contributed by atoms with E-state index in [0.717, 1.165) is 24.8 Å². The highest BCUT2D eigenvalue weighted by Gasteiger charge is 2.44. The molecule has 1 amide bonds. The van der Waals surface area contributed by atoms with Crippen LogP contribution in [0.2, 0.25) is 0 Å². The smallest absolute Gasteiger partial charge is 0.311 e. The number of nitrogens with zero attached hydrogens (tertiary/aromatic N) is 1. The Morgan fingerprint density at radius 3 is 2.38 bits per heavy atom. The van der Waals surface area contributed by atoms with Crippen LogP contribution in [0.15, 0.2) is 30.8 Å². The van der Waals surface area contributed by atoms with Crippen molar-refractivity contribution in [3.8, 4) is 0 Å². The zero-order valence-corrected chi connectivity index (χ0v) is 12.0. The number of hydrogen-bond donors (Lipinski definition) is 1. The predicted octanol–water partition coefficient (Wildman–Crippen LogP) is 3.15. The van der Waals surface area contributed by atoms with E-state index in [1.807, 2.05) is 18.2 Å². The average molecular weight is 285 g/mol. The second-order valence-corrected chi connectivity index (χ2v) is 6.03. The fourth-order valence-corrected chi connectivity index (χ4v) is 3.47. The lowest BCUT2D eigenvalue weighted by Crippen LogP contribution is -2.44. The molecule has 0 unspecified atom stereocenters. The Labute approximate surface area is 124 Å². The fourth-order valence-electron chi connectivity index (χ4n) is 3.47. The quantitative estimate of drug-likeness (QED) is 0.928. The number of carbonyl (C=O) groups excluding carboxylic acids is 1. The van der Waals surface area contributed by atoms with Gasteiger partial charge in [0.05, 0.1) is 5.41 Å². The first-order valence-electron chi connectivity index (χ1n) is 7.39. The Balaban J connectivity index is 1.90. The number of rotatable bonds is 3. The van der Waals surface area contributed by atoms with Crippen LogP contribution < -0.4 is 0 Å². The second kappa shape index (κ2) is 5.02. The molecular weight excluding hydrogens is 266 g/mol. The van der Waals surface area contributed by atoms with E-state index in [1.54, 1.807) is 11.0 Å². The van der Waals surface area contributed by atoms with E-state index < -0.39 is 11.4 Å². The third-order valence-electron chi connectivity index (χ3n) is 4.76. The van der Waals surface area contributed by atoms with E-state index >= 15 is 0 Å². The van der Waals surface area contributed by atoms with Gasteiger partial charge in [-0.15, -0.1) is 0 Å². The molecular formula is C17H19NO3. The van der Waals surface area contributed by atoms with Gasteiger partial charge in [0, 0.05) is 23.4 Å². The maximum absolute atomic E-state index is 12.5. The van der Waals surface area contributed by atoms with Crippen molar-refractivity contribution in [2.75, 3.05) is 6.54 Å². The maximum Gasteiger partial charge on any atom is 0.311 e. The SMILES string of the molecule is C=C1c2ccccc2C(=O)N1CC1(C(=O)O)CCCCC1. The number of aliphatic carboxylic acids is 1. The van der Waals surface area contributed by atoms with Gasteiger partial charge in [-0.05, 0) is 18.9 Å². The zero-order chi connectivity index (χ0) is 15.0. The lowest BCUT2D eigenvalue weighted by atomic mass is 9.73. The van der Waals surface area contributed by atoms with Crippen molar-refractivity contribution in [2.45, 2.75) is 32.1 Å². The molecule has 4 heteroatoms. The largest absolute Gasteiger partial charge is 0.481 e. The minimum Gasteiger partial charge on any atom is -0.481 e.